The number of aryl methyl sites for hydroxylation is 1. The molecule has 1 aliphatic carbocycles. The molecule has 1 saturated carbocycles. The van der Waals surface area contributed by atoms with Crippen LogP contribution in [-0.2, 0) is 7.05 Å². The fraction of sp³-hybridized carbons (Fsp3) is 0.381. The van der Waals surface area contributed by atoms with Crippen molar-refractivity contribution in [3.8, 4) is 16.4 Å². The van der Waals surface area contributed by atoms with Crippen LogP contribution in [-0.4, -0.2) is 25.9 Å². The third-order valence-corrected chi connectivity index (χ3v) is 7.74. The van der Waals surface area contributed by atoms with Gasteiger partial charge in [0.2, 0.25) is 0 Å². The van der Waals surface area contributed by atoms with E-state index in [2.05, 4.69) is 52.3 Å². The van der Waals surface area contributed by atoms with Crippen LogP contribution in [0.4, 0.5) is 0 Å². The summed E-state index contributed by atoms with van der Waals surface area (Å²) in [5, 5.41) is 14.8. The van der Waals surface area contributed by atoms with Crippen molar-refractivity contribution in [3.05, 3.63) is 42.5 Å². The van der Waals surface area contributed by atoms with Crippen molar-refractivity contribution in [2.75, 3.05) is 0 Å². The van der Waals surface area contributed by atoms with Crippen LogP contribution in [0.15, 0.2) is 36.8 Å². The molecular weight excluding hydrogens is 365 g/mol. The highest BCUT2D eigenvalue weighted by Gasteiger charge is 2.44. The molecule has 1 aliphatic heterocycles. The first-order valence-corrected chi connectivity index (χ1v) is 10.8. The Morgan fingerprint density at radius 3 is 2.75 bits per heavy atom. The number of benzene rings is 1. The number of fused-ring (bicyclic) bond motifs is 3. The number of hydrogen-bond acceptors (Lipinski definition) is 4. The normalized spacial score (nSPS) is 24.3. The largest absolute Gasteiger partial charge is 0.297 e. The summed E-state index contributed by atoms with van der Waals surface area (Å²) in [6.07, 6.45) is 11.1. The third kappa shape index (κ3) is 2.51. The molecule has 0 N–H and O–H groups in total. The van der Waals surface area contributed by atoms with E-state index in [1.165, 1.54) is 34.4 Å². The van der Waals surface area contributed by atoms with Crippen LogP contribution in [0.2, 0.25) is 12.6 Å². The van der Waals surface area contributed by atoms with E-state index in [0.717, 1.165) is 35.0 Å². The van der Waals surface area contributed by atoms with Gasteiger partial charge >= 0.3 is 0 Å². The van der Waals surface area contributed by atoms with E-state index in [0.29, 0.717) is 12.6 Å². The van der Waals surface area contributed by atoms with Crippen molar-refractivity contribution < 1.29 is 0 Å². The molecule has 2 aliphatic rings. The maximum atomic E-state index is 9.18. The van der Waals surface area contributed by atoms with Gasteiger partial charge in [-0.05, 0) is 42.4 Å². The molecule has 4 aromatic rings. The Labute approximate surface area is 167 Å². The first kappa shape index (κ1) is 16.4. The molecule has 2 atom stereocenters. The minimum absolute atomic E-state index is 0.293. The van der Waals surface area contributed by atoms with E-state index in [-0.39, 0.29) is 0 Å². The minimum atomic E-state index is 0.293. The van der Waals surface area contributed by atoms with Crippen LogP contribution in [0, 0.1) is 23.1 Å². The average Bonchev–Trinajstić information content (AvgIpc) is 3.43. The molecule has 1 aromatic carbocycles. The van der Waals surface area contributed by atoms with Gasteiger partial charge in [0.25, 0.3) is 6.71 Å². The SMILES string of the molecule is Cn1cc2cc(-c3cn4cc(C5CC6CB(C#N)CC6C5)nc4s3)ccc2n1. The van der Waals surface area contributed by atoms with Crippen LogP contribution in [0.25, 0.3) is 26.3 Å². The predicted molar refractivity (Wildman–Crippen MR) is 113 cm³/mol. The van der Waals surface area contributed by atoms with Gasteiger partial charge in [-0.1, -0.05) is 30.0 Å². The van der Waals surface area contributed by atoms with Crippen molar-refractivity contribution in [3.63, 3.8) is 0 Å². The quantitative estimate of drug-likeness (QED) is 0.473. The van der Waals surface area contributed by atoms with Gasteiger partial charge < -0.3 is 0 Å². The summed E-state index contributed by atoms with van der Waals surface area (Å²) in [6, 6.07) is 6.44. The van der Waals surface area contributed by atoms with E-state index in [1.54, 1.807) is 11.3 Å². The molecule has 0 spiro atoms. The zero-order chi connectivity index (χ0) is 18.8. The maximum absolute atomic E-state index is 9.18. The summed E-state index contributed by atoms with van der Waals surface area (Å²) in [5.74, 6) is 4.51. The number of nitrogens with zero attached hydrogens (tertiary/aromatic N) is 5. The second-order valence-corrected chi connectivity index (χ2v) is 9.52. The Morgan fingerprint density at radius 2 is 2.00 bits per heavy atom. The second kappa shape index (κ2) is 5.95. The van der Waals surface area contributed by atoms with Crippen LogP contribution < -0.4 is 0 Å². The van der Waals surface area contributed by atoms with Gasteiger partial charge in [-0.2, -0.15) is 5.10 Å². The summed E-state index contributed by atoms with van der Waals surface area (Å²) in [6.45, 7) is 0.293. The van der Waals surface area contributed by atoms with E-state index >= 15 is 0 Å². The number of hydrogen-bond donors (Lipinski definition) is 0. The lowest BCUT2D eigenvalue weighted by Crippen LogP contribution is -2.06. The van der Waals surface area contributed by atoms with E-state index in [1.807, 2.05) is 11.7 Å². The predicted octanol–water partition coefficient (Wildman–Crippen LogP) is 4.63. The van der Waals surface area contributed by atoms with Crippen LogP contribution in [0.5, 0.6) is 0 Å². The molecule has 28 heavy (non-hydrogen) atoms. The highest BCUT2D eigenvalue weighted by molar-refractivity contribution is 7.20. The Hall–Kier alpha value is -2.59. The van der Waals surface area contributed by atoms with Gasteiger partial charge in [-0.25, -0.2) is 10.2 Å². The summed E-state index contributed by atoms with van der Waals surface area (Å²) in [4.78, 5) is 7.28. The van der Waals surface area contributed by atoms with Crippen molar-refractivity contribution in [2.45, 2.75) is 31.4 Å². The molecule has 138 valence electrons. The summed E-state index contributed by atoms with van der Waals surface area (Å²) >= 11 is 1.75. The molecular formula is C21H20BN5S. The lowest BCUT2D eigenvalue weighted by molar-refractivity contribution is 0.486. The van der Waals surface area contributed by atoms with Gasteiger partial charge in [0, 0.05) is 42.9 Å². The zero-order valence-corrected chi connectivity index (χ0v) is 16.6. The molecule has 0 amide bonds. The lowest BCUT2D eigenvalue weighted by atomic mass is 9.49. The van der Waals surface area contributed by atoms with Crippen LogP contribution in [0.3, 0.4) is 0 Å². The fourth-order valence-electron chi connectivity index (χ4n) is 5.41. The molecule has 6 rings (SSSR count). The topological polar surface area (TPSA) is 58.9 Å². The molecule has 1 saturated heterocycles. The van der Waals surface area contributed by atoms with Crippen LogP contribution in [0.1, 0.15) is 24.5 Å². The molecule has 7 heteroatoms. The minimum Gasteiger partial charge on any atom is -0.297 e. The van der Waals surface area contributed by atoms with Gasteiger partial charge in [-0.15, -0.1) is 0 Å². The number of thiazole rings is 1. The molecule has 0 radical (unpaired) electrons. The average molecular weight is 385 g/mol. The molecule has 0 bridgehead atoms. The van der Waals surface area contributed by atoms with Crippen LogP contribution >= 0.6 is 11.3 Å². The highest BCUT2D eigenvalue weighted by atomic mass is 32.1. The number of rotatable bonds is 2. The van der Waals surface area contributed by atoms with Gasteiger partial charge in [-0.3, -0.25) is 9.08 Å². The molecule has 2 unspecified atom stereocenters. The first-order chi connectivity index (χ1) is 13.7. The Kier molecular flexibility index (Phi) is 3.48. The summed E-state index contributed by atoms with van der Waals surface area (Å²) < 4.78 is 4.05. The van der Waals surface area contributed by atoms with E-state index in [4.69, 9.17) is 4.98 Å². The smallest absolute Gasteiger partial charge is 0.268 e. The first-order valence-electron chi connectivity index (χ1n) is 9.98. The Balaban J connectivity index is 1.27. The van der Waals surface area contributed by atoms with Crippen molar-refractivity contribution in [1.29, 1.82) is 5.26 Å². The molecule has 4 heterocycles. The standard InChI is InChI=1S/C21H20BN5S/c1-26-9-17-4-13(2-3-18(17)25-26)20-11-27-10-19(24-21(27)28-20)14-5-15-7-22(12-23)8-16(15)6-14/h2-4,9-11,14-16H,5-8H2,1H3. The monoisotopic (exact) mass is 385 g/mol. The van der Waals surface area contributed by atoms with Gasteiger partial charge in [0.05, 0.1) is 16.1 Å². The van der Waals surface area contributed by atoms with Crippen molar-refractivity contribution >= 4 is 33.9 Å². The highest BCUT2D eigenvalue weighted by Crippen LogP contribution is 2.51. The Morgan fingerprint density at radius 1 is 1.18 bits per heavy atom. The number of aromatic nitrogens is 4. The number of nitriles is 1. The fourth-order valence-corrected chi connectivity index (χ4v) is 6.38. The number of imidazole rings is 1. The maximum Gasteiger partial charge on any atom is 0.268 e. The summed E-state index contributed by atoms with van der Waals surface area (Å²) in [7, 11) is 1.96. The third-order valence-electron chi connectivity index (χ3n) is 6.69. The van der Waals surface area contributed by atoms with Gasteiger partial charge in [0.15, 0.2) is 4.96 Å². The second-order valence-electron chi connectivity index (χ2n) is 8.51. The van der Waals surface area contributed by atoms with Crippen molar-refractivity contribution in [1.82, 2.24) is 19.2 Å². The van der Waals surface area contributed by atoms with E-state index < -0.39 is 0 Å². The molecule has 3 aromatic heterocycles. The Bertz CT molecular complexity index is 1200. The van der Waals surface area contributed by atoms with E-state index in [9.17, 15) is 5.26 Å². The van der Waals surface area contributed by atoms with Gasteiger partial charge in [0.1, 0.15) is 0 Å². The molecule has 5 nitrogen and oxygen atoms in total. The lowest BCUT2D eigenvalue weighted by Gasteiger charge is -2.07. The van der Waals surface area contributed by atoms with Crippen molar-refractivity contribution in [2.24, 2.45) is 18.9 Å². The molecule has 2 fully saturated rings. The summed E-state index contributed by atoms with van der Waals surface area (Å²) in [5.41, 5.74) is 3.49. The zero-order valence-electron chi connectivity index (χ0n) is 15.7.